The van der Waals surface area contributed by atoms with Crippen molar-refractivity contribution in [2.75, 3.05) is 5.32 Å². The second-order valence-electron chi connectivity index (χ2n) is 5.43. The van der Waals surface area contributed by atoms with Crippen LogP contribution in [-0.4, -0.2) is 11.2 Å². The number of aryl methyl sites for hydroxylation is 1. The van der Waals surface area contributed by atoms with Crippen LogP contribution in [0.25, 0.3) is 0 Å². The molecule has 0 amide bonds. The number of halogens is 1. The maximum atomic E-state index is 13.4. The van der Waals surface area contributed by atoms with Crippen molar-refractivity contribution < 1.29 is 4.39 Å². The van der Waals surface area contributed by atoms with Gasteiger partial charge in [0.2, 0.25) is 0 Å². The van der Waals surface area contributed by atoms with E-state index < -0.39 is 0 Å². The lowest BCUT2D eigenvalue weighted by molar-refractivity contribution is 0.309. The van der Waals surface area contributed by atoms with Gasteiger partial charge in [0.25, 0.3) is 0 Å². The van der Waals surface area contributed by atoms with Crippen molar-refractivity contribution in [3.05, 3.63) is 29.6 Å². The van der Waals surface area contributed by atoms with Crippen LogP contribution in [0.15, 0.2) is 18.2 Å². The molecule has 0 heterocycles. The third kappa shape index (κ3) is 3.90. The van der Waals surface area contributed by atoms with Gasteiger partial charge in [-0.15, -0.1) is 0 Å². The second-order valence-corrected chi connectivity index (χ2v) is 5.84. The van der Waals surface area contributed by atoms with Gasteiger partial charge in [-0.05, 0) is 55.6 Å². The molecule has 2 N–H and O–H groups in total. The summed E-state index contributed by atoms with van der Waals surface area (Å²) in [5.74, 6) is 0.432. The topological polar surface area (TPSA) is 24.1 Å². The standard InChI is InChI=1S/C15H21FN2S/c1-10-7-8-12(9-13(10)16)17-15(19)18-14-6-4-3-5-11(14)2/h7-9,11,14H,3-6H2,1-2H3,(H2,17,18,19)/t11-,14+/m0/s1. The van der Waals surface area contributed by atoms with Crippen molar-refractivity contribution in [3.63, 3.8) is 0 Å². The van der Waals surface area contributed by atoms with Gasteiger partial charge in [0.15, 0.2) is 5.11 Å². The predicted molar refractivity (Wildman–Crippen MR) is 81.9 cm³/mol. The highest BCUT2D eigenvalue weighted by molar-refractivity contribution is 7.80. The Hall–Kier alpha value is -1.16. The lowest BCUT2D eigenvalue weighted by Crippen LogP contribution is -2.43. The molecule has 0 radical (unpaired) electrons. The summed E-state index contributed by atoms with van der Waals surface area (Å²) in [4.78, 5) is 0. The number of nitrogens with one attached hydrogen (secondary N) is 2. The zero-order valence-electron chi connectivity index (χ0n) is 11.5. The molecule has 104 valence electrons. The molecule has 0 saturated heterocycles. The molecule has 1 saturated carbocycles. The average molecular weight is 280 g/mol. The van der Waals surface area contributed by atoms with Crippen LogP contribution >= 0.6 is 12.2 Å². The number of benzene rings is 1. The number of hydrogen-bond acceptors (Lipinski definition) is 1. The molecule has 1 aliphatic rings. The normalized spacial score (nSPS) is 22.9. The minimum absolute atomic E-state index is 0.209. The Morgan fingerprint density at radius 1 is 1.32 bits per heavy atom. The van der Waals surface area contributed by atoms with Crippen molar-refractivity contribution in [1.82, 2.24) is 5.32 Å². The average Bonchev–Trinajstić information content (AvgIpc) is 2.37. The van der Waals surface area contributed by atoms with Gasteiger partial charge in [0.05, 0.1) is 0 Å². The first-order valence-electron chi connectivity index (χ1n) is 6.90. The van der Waals surface area contributed by atoms with E-state index in [4.69, 9.17) is 12.2 Å². The molecule has 0 aromatic heterocycles. The van der Waals surface area contributed by atoms with Crippen molar-refractivity contribution >= 4 is 23.0 Å². The first-order chi connectivity index (χ1) is 9.06. The van der Waals surface area contributed by atoms with Crippen LogP contribution in [-0.2, 0) is 0 Å². The number of thiocarbonyl (C=S) groups is 1. The molecule has 0 spiro atoms. The first-order valence-corrected chi connectivity index (χ1v) is 7.31. The monoisotopic (exact) mass is 280 g/mol. The van der Waals surface area contributed by atoms with Crippen molar-refractivity contribution in [2.45, 2.75) is 45.6 Å². The van der Waals surface area contributed by atoms with E-state index in [2.05, 4.69) is 17.6 Å². The van der Waals surface area contributed by atoms with Crippen molar-refractivity contribution in [2.24, 2.45) is 5.92 Å². The lowest BCUT2D eigenvalue weighted by atomic mass is 9.86. The van der Waals surface area contributed by atoms with E-state index in [-0.39, 0.29) is 5.82 Å². The molecule has 0 unspecified atom stereocenters. The maximum absolute atomic E-state index is 13.4. The van der Waals surface area contributed by atoms with Crippen LogP contribution in [0.5, 0.6) is 0 Å². The molecule has 1 aromatic carbocycles. The summed E-state index contributed by atoms with van der Waals surface area (Å²) >= 11 is 5.30. The smallest absolute Gasteiger partial charge is 0.171 e. The van der Waals surface area contributed by atoms with E-state index in [9.17, 15) is 4.39 Å². The van der Waals surface area contributed by atoms with Crippen LogP contribution < -0.4 is 10.6 Å². The van der Waals surface area contributed by atoms with Gasteiger partial charge in [-0.1, -0.05) is 25.8 Å². The van der Waals surface area contributed by atoms with E-state index in [0.29, 0.717) is 28.3 Å². The molecule has 0 bridgehead atoms. The van der Waals surface area contributed by atoms with Gasteiger partial charge in [-0.3, -0.25) is 0 Å². The predicted octanol–water partition coefficient (Wildman–Crippen LogP) is 4.00. The Bertz CT molecular complexity index is 461. The van der Waals surface area contributed by atoms with Crippen LogP contribution in [0.1, 0.15) is 38.2 Å². The molecule has 2 nitrogen and oxygen atoms in total. The second kappa shape index (κ2) is 6.33. The fourth-order valence-corrected chi connectivity index (χ4v) is 2.81. The van der Waals surface area contributed by atoms with Crippen molar-refractivity contribution in [1.29, 1.82) is 0 Å². The van der Waals surface area contributed by atoms with Gasteiger partial charge in [-0.25, -0.2) is 4.39 Å². The minimum Gasteiger partial charge on any atom is -0.359 e. The highest BCUT2D eigenvalue weighted by atomic mass is 32.1. The Kier molecular flexibility index (Phi) is 4.75. The molecule has 2 atom stereocenters. The van der Waals surface area contributed by atoms with Gasteiger partial charge in [-0.2, -0.15) is 0 Å². The van der Waals surface area contributed by atoms with E-state index in [1.165, 1.54) is 25.3 Å². The summed E-state index contributed by atoms with van der Waals surface area (Å²) in [6.07, 6.45) is 4.97. The maximum Gasteiger partial charge on any atom is 0.171 e. The lowest BCUT2D eigenvalue weighted by Gasteiger charge is -2.30. The van der Waals surface area contributed by atoms with Gasteiger partial charge in [0.1, 0.15) is 5.82 Å². The van der Waals surface area contributed by atoms with Gasteiger partial charge < -0.3 is 10.6 Å². The highest BCUT2D eigenvalue weighted by Gasteiger charge is 2.21. The van der Waals surface area contributed by atoms with Gasteiger partial charge >= 0.3 is 0 Å². The Labute approximate surface area is 119 Å². The molecule has 1 fully saturated rings. The largest absolute Gasteiger partial charge is 0.359 e. The highest BCUT2D eigenvalue weighted by Crippen LogP contribution is 2.23. The minimum atomic E-state index is -0.209. The molecule has 2 rings (SSSR count). The molecule has 19 heavy (non-hydrogen) atoms. The SMILES string of the molecule is Cc1ccc(NC(=S)N[C@@H]2CCCC[C@@H]2C)cc1F. The summed E-state index contributed by atoms with van der Waals surface area (Å²) in [5.41, 5.74) is 1.34. The molecule has 1 aromatic rings. The molecule has 4 heteroatoms. The molecule has 1 aliphatic carbocycles. The summed E-state index contributed by atoms with van der Waals surface area (Å²) in [5, 5.41) is 6.99. The molecule has 0 aliphatic heterocycles. The molecular weight excluding hydrogens is 259 g/mol. The first kappa shape index (κ1) is 14.3. The van der Waals surface area contributed by atoms with E-state index in [0.717, 1.165) is 6.42 Å². The van der Waals surface area contributed by atoms with Crippen LogP contribution in [0.4, 0.5) is 10.1 Å². The zero-order chi connectivity index (χ0) is 13.8. The van der Waals surface area contributed by atoms with Crippen LogP contribution in [0.2, 0.25) is 0 Å². The van der Waals surface area contributed by atoms with Crippen molar-refractivity contribution in [3.8, 4) is 0 Å². The summed E-state index contributed by atoms with van der Waals surface area (Å²) < 4.78 is 13.4. The summed E-state index contributed by atoms with van der Waals surface area (Å²) in [6.45, 7) is 4.00. The zero-order valence-corrected chi connectivity index (χ0v) is 12.3. The van der Waals surface area contributed by atoms with Crippen LogP contribution in [0.3, 0.4) is 0 Å². The fraction of sp³-hybridized carbons (Fsp3) is 0.533. The number of anilines is 1. The van der Waals surface area contributed by atoms with E-state index in [1.807, 2.05) is 6.07 Å². The van der Waals surface area contributed by atoms with Gasteiger partial charge in [0, 0.05) is 11.7 Å². The number of rotatable bonds is 2. The Morgan fingerprint density at radius 2 is 2.05 bits per heavy atom. The summed E-state index contributed by atoms with van der Waals surface area (Å²) in [7, 11) is 0. The number of hydrogen-bond donors (Lipinski definition) is 2. The molecular formula is C15H21FN2S. The summed E-state index contributed by atoms with van der Waals surface area (Å²) in [6, 6.07) is 5.51. The quantitative estimate of drug-likeness (QED) is 0.801. The Morgan fingerprint density at radius 3 is 2.74 bits per heavy atom. The Balaban J connectivity index is 1.91. The van der Waals surface area contributed by atoms with E-state index in [1.54, 1.807) is 13.0 Å². The van der Waals surface area contributed by atoms with E-state index >= 15 is 0 Å². The van der Waals surface area contributed by atoms with Crippen LogP contribution in [0, 0.1) is 18.7 Å². The fourth-order valence-electron chi connectivity index (χ4n) is 2.54. The third-order valence-corrected chi connectivity index (χ3v) is 4.08. The third-order valence-electron chi connectivity index (χ3n) is 3.86.